The zero-order valence-corrected chi connectivity index (χ0v) is 12.6. The summed E-state index contributed by atoms with van der Waals surface area (Å²) in [4.78, 5) is 0. The lowest BCUT2D eigenvalue weighted by molar-refractivity contribution is 0.475. The van der Waals surface area contributed by atoms with Crippen LogP contribution in [0.25, 0.3) is 22.2 Å². The van der Waals surface area contributed by atoms with Crippen LogP contribution in [-0.4, -0.2) is 23.8 Å². The van der Waals surface area contributed by atoms with Gasteiger partial charge >= 0.3 is 0 Å². The lowest BCUT2D eigenvalue weighted by Gasteiger charge is -2.08. The zero-order chi connectivity index (χ0) is 15.2. The number of rotatable bonds is 2. The van der Waals surface area contributed by atoms with Crippen LogP contribution < -0.4 is 0 Å². The van der Waals surface area contributed by atoms with Crippen LogP contribution in [-0.2, 0) is 10.0 Å². The summed E-state index contributed by atoms with van der Waals surface area (Å²) in [5.74, 6) is 0.150. The van der Waals surface area contributed by atoms with Gasteiger partial charge in [-0.1, -0.05) is 11.6 Å². The van der Waals surface area contributed by atoms with Crippen LogP contribution in [0.1, 0.15) is 5.56 Å². The highest BCUT2D eigenvalue weighted by molar-refractivity contribution is 7.89. The first-order chi connectivity index (χ1) is 9.86. The van der Waals surface area contributed by atoms with E-state index in [4.69, 9.17) is 0 Å². The van der Waals surface area contributed by atoms with Crippen molar-refractivity contribution in [3.8, 4) is 17.0 Å². The van der Waals surface area contributed by atoms with E-state index >= 15 is 0 Å². The van der Waals surface area contributed by atoms with Gasteiger partial charge in [0.1, 0.15) is 5.75 Å². The third-order valence-corrected chi connectivity index (χ3v) is 4.46. The van der Waals surface area contributed by atoms with E-state index in [1.165, 1.54) is 10.2 Å². The number of aryl methyl sites for hydroxylation is 1. The van der Waals surface area contributed by atoms with Gasteiger partial charge in [-0.15, -0.1) is 0 Å². The molecule has 0 atom stereocenters. The molecule has 0 saturated heterocycles. The van der Waals surface area contributed by atoms with Gasteiger partial charge in [-0.2, -0.15) is 0 Å². The molecule has 0 aliphatic carbocycles. The van der Waals surface area contributed by atoms with Gasteiger partial charge in [0.05, 0.1) is 17.5 Å². The molecule has 2 aromatic carbocycles. The van der Waals surface area contributed by atoms with Crippen molar-refractivity contribution in [1.29, 1.82) is 0 Å². The number of phenols is 1. The van der Waals surface area contributed by atoms with E-state index in [9.17, 15) is 13.5 Å². The Morgan fingerprint density at radius 2 is 1.67 bits per heavy atom. The molecule has 21 heavy (non-hydrogen) atoms. The van der Waals surface area contributed by atoms with Gasteiger partial charge in [-0.25, -0.2) is 12.4 Å². The Bertz CT molecular complexity index is 922. The van der Waals surface area contributed by atoms with Crippen molar-refractivity contribution in [2.24, 2.45) is 0 Å². The van der Waals surface area contributed by atoms with Crippen LogP contribution in [0.3, 0.4) is 0 Å². The summed E-state index contributed by atoms with van der Waals surface area (Å²) in [6, 6.07) is 14.0. The third kappa shape index (κ3) is 2.40. The highest BCUT2D eigenvalue weighted by Crippen LogP contribution is 2.31. The fraction of sp³-hybridized carbons (Fsp3) is 0.125. The lowest BCUT2D eigenvalue weighted by atomic mass is 10.1. The highest BCUT2D eigenvalue weighted by Gasteiger charge is 2.17. The van der Waals surface area contributed by atoms with Gasteiger partial charge in [0.15, 0.2) is 0 Å². The van der Waals surface area contributed by atoms with Gasteiger partial charge < -0.3 is 5.11 Å². The molecule has 0 aliphatic rings. The quantitative estimate of drug-likeness (QED) is 0.791. The predicted octanol–water partition coefficient (Wildman–Crippen LogP) is 3.13. The molecule has 0 bridgehead atoms. The number of phenolic OH excluding ortho intramolecular Hbond substituents is 1. The van der Waals surface area contributed by atoms with Crippen LogP contribution in [0.4, 0.5) is 0 Å². The lowest BCUT2D eigenvalue weighted by Crippen LogP contribution is -2.11. The Morgan fingerprint density at radius 3 is 2.29 bits per heavy atom. The molecule has 3 rings (SSSR count). The molecular weight excluding hydrogens is 286 g/mol. The maximum absolute atomic E-state index is 12.2. The number of benzene rings is 2. The average Bonchev–Trinajstić information content (AvgIpc) is 2.77. The smallest absolute Gasteiger partial charge is 0.236 e. The third-order valence-electron chi connectivity index (χ3n) is 3.41. The number of hydrogen-bond acceptors (Lipinski definition) is 3. The molecular formula is C16H15NO3S. The van der Waals surface area contributed by atoms with Crippen molar-refractivity contribution in [2.45, 2.75) is 6.92 Å². The second-order valence-corrected chi connectivity index (χ2v) is 7.00. The molecule has 0 fully saturated rings. The SMILES string of the molecule is Cc1ccc2c(c1)cc(-c1ccc(O)cc1)n2S(C)(=O)=O. The molecule has 0 amide bonds. The summed E-state index contributed by atoms with van der Waals surface area (Å²) < 4.78 is 25.7. The number of hydrogen-bond donors (Lipinski definition) is 1. The molecule has 1 N–H and O–H groups in total. The van der Waals surface area contributed by atoms with Gasteiger partial charge in [0.2, 0.25) is 10.0 Å². The van der Waals surface area contributed by atoms with E-state index in [1.54, 1.807) is 24.3 Å². The van der Waals surface area contributed by atoms with Crippen LogP contribution in [0, 0.1) is 6.92 Å². The number of nitrogens with zero attached hydrogens (tertiary/aromatic N) is 1. The standard InChI is InChI=1S/C16H15NO3S/c1-11-3-8-15-13(9-11)10-16(17(15)21(2,19)20)12-4-6-14(18)7-5-12/h3-10,18H,1-2H3. The minimum Gasteiger partial charge on any atom is -0.508 e. The summed E-state index contributed by atoms with van der Waals surface area (Å²) in [5, 5.41) is 10.3. The summed E-state index contributed by atoms with van der Waals surface area (Å²) >= 11 is 0. The van der Waals surface area contributed by atoms with Crippen molar-refractivity contribution in [3.63, 3.8) is 0 Å². The first kappa shape index (κ1) is 13.7. The Balaban J connectivity index is 2.38. The van der Waals surface area contributed by atoms with E-state index in [1.807, 2.05) is 31.2 Å². The van der Waals surface area contributed by atoms with Crippen molar-refractivity contribution in [3.05, 3.63) is 54.1 Å². The van der Waals surface area contributed by atoms with Crippen molar-refractivity contribution >= 4 is 20.9 Å². The Hall–Kier alpha value is -2.27. The monoisotopic (exact) mass is 301 g/mol. The molecule has 108 valence electrons. The van der Waals surface area contributed by atoms with E-state index in [0.29, 0.717) is 11.2 Å². The van der Waals surface area contributed by atoms with Crippen LogP contribution >= 0.6 is 0 Å². The molecule has 0 saturated carbocycles. The second-order valence-electron chi connectivity index (χ2n) is 5.17. The number of fused-ring (bicyclic) bond motifs is 1. The van der Waals surface area contributed by atoms with E-state index in [0.717, 1.165) is 16.5 Å². The highest BCUT2D eigenvalue weighted by atomic mass is 32.2. The summed E-state index contributed by atoms with van der Waals surface area (Å²) in [6.07, 6.45) is 1.19. The summed E-state index contributed by atoms with van der Waals surface area (Å²) in [6.45, 7) is 1.97. The maximum Gasteiger partial charge on any atom is 0.236 e. The molecule has 0 unspecified atom stereocenters. The molecule has 0 radical (unpaired) electrons. The molecule has 5 heteroatoms. The topological polar surface area (TPSA) is 59.3 Å². The van der Waals surface area contributed by atoms with Crippen LogP contribution in [0.5, 0.6) is 5.75 Å². The Labute approximate surface area is 123 Å². The van der Waals surface area contributed by atoms with E-state index in [2.05, 4.69) is 0 Å². The second kappa shape index (κ2) is 4.63. The van der Waals surface area contributed by atoms with Crippen molar-refractivity contribution < 1.29 is 13.5 Å². The average molecular weight is 301 g/mol. The Morgan fingerprint density at radius 1 is 1.00 bits per heavy atom. The first-order valence-electron chi connectivity index (χ1n) is 6.48. The van der Waals surface area contributed by atoms with Crippen LogP contribution in [0.2, 0.25) is 0 Å². The zero-order valence-electron chi connectivity index (χ0n) is 11.7. The number of aromatic hydroxyl groups is 1. The summed E-state index contributed by atoms with van der Waals surface area (Å²) in [5.41, 5.74) is 3.07. The largest absolute Gasteiger partial charge is 0.508 e. The Kier molecular flexibility index (Phi) is 3.02. The van der Waals surface area contributed by atoms with Crippen molar-refractivity contribution in [1.82, 2.24) is 3.97 Å². The first-order valence-corrected chi connectivity index (χ1v) is 8.33. The minimum atomic E-state index is -3.43. The molecule has 1 aromatic heterocycles. The van der Waals surface area contributed by atoms with Gasteiger partial charge in [0.25, 0.3) is 0 Å². The minimum absolute atomic E-state index is 0.150. The normalized spacial score (nSPS) is 11.9. The van der Waals surface area contributed by atoms with Gasteiger partial charge in [-0.05, 0) is 55.0 Å². The van der Waals surface area contributed by atoms with Crippen LogP contribution in [0.15, 0.2) is 48.5 Å². The maximum atomic E-state index is 12.2. The van der Waals surface area contributed by atoms with Gasteiger partial charge in [-0.3, -0.25) is 0 Å². The van der Waals surface area contributed by atoms with E-state index in [-0.39, 0.29) is 5.75 Å². The number of aromatic nitrogens is 1. The fourth-order valence-corrected chi connectivity index (χ4v) is 3.54. The molecule has 4 nitrogen and oxygen atoms in total. The van der Waals surface area contributed by atoms with E-state index < -0.39 is 10.0 Å². The summed E-state index contributed by atoms with van der Waals surface area (Å²) in [7, 11) is -3.43. The van der Waals surface area contributed by atoms with Crippen molar-refractivity contribution in [2.75, 3.05) is 6.26 Å². The molecule has 0 spiro atoms. The molecule has 0 aliphatic heterocycles. The van der Waals surface area contributed by atoms with Gasteiger partial charge in [0, 0.05) is 5.39 Å². The predicted molar refractivity (Wildman–Crippen MR) is 84.0 cm³/mol. The fourth-order valence-electron chi connectivity index (χ4n) is 2.50. The molecule has 1 heterocycles. The molecule has 3 aromatic rings.